The van der Waals surface area contributed by atoms with Gasteiger partial charge in [-0.25, -0.2) is 4.98 Å². The van der Waals surface area contributed by atoms with E-state index in [1.54, 1.807) is 0 Å². The molecule has 0 aliphatic rings. The van der Waals surface area contributed by atoms with E-state index in [1.165, 1.54) is 11.3 Å². The number of aromatic nitrogens is 2. The van der Waals surface area contributed by atoms with Crippen LogP contribution in [-0.2, 0) is 6.54 Å². The van der Waals surface area contributed by atoms with Crippen LogP contribution in [0.1, 0.15) is 31.1 Å². The highest BCUT2D eigenvalue weighted by Crippen LogP contribution is 2.21. The Morgan fingerprint density at radius 1 is 1.33 bits per heavy atom. The summed E-state index contributed by atoms with van der Waals surface area (Å²) in [4.78, 5) is 4.24. The fourth-order valence-electron chi connectivity index (χ4n) is 1.97. The van der Waals surface area contributed by atoms with Crippen molar-refractivity contribution in [3.05, 3.63) is 53.1 Å². The molecule has 2 rings (SSSR count). The summed E-state index contributed by atoms with van der Waals surface area (Å²) in [5.74, 6) is 0. The first-order valence-corrected chi connectivity index (χ1v) is 6.57. The maximum Gasteiger partial charge on any atom is 0.0954 e. The van der Waals surface area contributed by atoms with Gasteiger partial charge in [-0.05, 0) is 31.2 Å². The summed E-state index contributed by atoms with van der Waals surface area (Å²) in [6, 6.07) is 8.23. The molecule has 1 atom stereocenters. The highest BCUT2D eigenvalue weighted by Gasteiger charge is 2.11. The second kappa shape index (κ2) is 6.03. The first-order valence-electron chi connectivity index (χ1n) is 6.19. The van der Waals surface area contributed by atoms with E-state index in [-0.39, 0.29) is 6.04 Å². The Hall–Kier alpha value is -1.32. The predicted octanol–water partition coefficient (Wildman–Crippen LogP) is 3.26. The molecule has 96 valence electrons. The molecule has 4 heteroatoms. The van der Waals surface area contributed by atoms with Crippen LogP contribution in [0.25, 0.3) is 0 Å². The molecule has 0 spiro atoms. The van der Waals surface area contributed by atoms with Gasteiger partial charge in [-0.1, -0.05) is 30.7 Å². The number of hydrogen-bond donors (Lipinski definition) is 1. The average Bonchev–Trinajstić information content (AvgIpc) is 2.84. The molecule has 2 aromatic rings. The Kier molecular flexibility index (Phi) is 4.39. The van der Waals surface area contributed by atoms with Gasteiger partial charge in [0.15, 0.2) is 0 Å². The lowest BCUT2D eigenvalue weighted by Gasteiger charge is -2.17. The van der Waals surface area contributed by atoms with Crippen molar-refractivity contribution in [1.82, 2.24) is 14.9 Å². The standard InChI is InChI=1S/C14H18ClN3/c1-3-16-8-14-9-17-10-18(14)11(2)12-4-6-13(15)7-5-12/h4-7,9-11,16H,3,8H2,1-2H3. The van der Waals surface area contributed by atoms with Crippen LogP contribution in [0, 0.1) is 0 Å². The van der Waals surface area contributed by atoms with Crippen molar-refractivity contribution in [1.29, 1.82) is 0 Å². The molecule has 0 aliphatic carbocycles. The molecule has 1 aromatic heterocycles. The van der Waals surface area contributed by atoms with Gasteiger partial charge in [0.25, 0.3) is 0 Å². The zero-order chi connectivity index (χ0) is 13.0. The van der Waals surface area contributed by atoms with Crippen LogP contribution in [0.15, 0.2) is 36.8 Å². The summed E-state index contributed by atoms with van der Waals surface area (Å²) < 4.78 is 2.19. The number of halogens is 1. The van der Waals surface area contributed by atoms with E-state index in [4.69, 9.17) is 11.6 Å². The molecule has 3 nitrogen and oxygen atoms in total. The van der Waals surface area contributed by atoms with E-state index >= 15 is 0 Å². The second-order valence-electron chi connectivity index (χ2n) is 4.30. The minimum absolute atomic E-state index is 0.262. The Bertz CT molecular complexity index is 490. The maximum atomic E-state index is 5.91. The predicted molar refractivity (Wildman–Crippen MR) is 74.9 cm³/mol. The quantitative estimate of drug-likeness (QED) is 0.897. The summed E-state index contributed by atoms with van der Waals surface area (Å²) in [5, 5.41) is 4.09. The summed E-state index contributed by atoms with van der Waals surface area (Å²) in [7, 11) is 0. The Balaban J connectivity index is 2.20. The number of nitrogens with one attached hydrogen (secondary N) is 1. The molecule has 1 unspecified atom stereocenters. The van der Waals surface area contributed by atoms with Crippen LogP contribution in [0.5, 0.6) is 0 Å². The SMILES string of the molecule is CCNCc1cncn1C(C)c1ccc(Cl)cc1. The first-order chi connectivity index (χ1) is 8.72. The van der Waals surface area contributed by atoms with E-state index in [0.717, 1.165) is 18.1 Å². The van der Waals surface area contributed by atoms with Crippen molar-refractivity contribution in [3.8, 4) is 0 Å². The Morgan fingerprint density at radius 2 is 2.06 bits per heavy atom. The average molecular weight is 264 g/mol. The van der Waals surface area contributed by atoms with Crippen LogP contribution >= 0.6 is 11.6 Å². The van der Waals surface area contributed by atoms with Gasteiger partial charge in [0.1, 0.15) is 0 Å². The summed E-state index contributed by atoms with van der Waals surface area (Å²) >= 11 is 5.91. The smallest absolute Gasteiger partial charge is 0.0954 e. The van der Waals surface area contributed by atoms with Crippen LogP contribution in [0.4, 0.5) is 0 Å². The van der Waals surface area contributed by atoms with Gasteiger partial charge in [0.05, 0.1) is 18.1 Å². The molecule has 0 saturated heterocycles. The molecule has 1 aromatic carbocycles. The molecule has 0 radical (unpaired) electrons. The largest absolute Gasteiger partial charge is 0.326 e. The van der Waals surface area contributed by atoms with Crippen molar-refractivity contribution < 1.29 is 0 Å². The minimum Gasteiger partial charge on any atom is -0.326 e. The van der Waals surface area contributed by atoms with Gasteiger partial charge >= 0.3 is 0 Å². The number of hydrogen-bond acceptors (Lipinski definition) is 2. The minimum atomic E-state index is 0.262. The second-order valence-corrected chi connectivity index (χ2v) is 4.74. The molecular formula is C14H18ClN3. The van der Waals surface area contributed by atoms with E-state index in [9.17, 15) is 0 Å². The molecule has 0 amide bonds. The van der Waals surface area contributed by atoms with Crippen LogP contribution in [0.3, 0.4) is 0 Å². The van der Waals surface area contributed by atoms with Crippen molar-refractivity contribution >= 4 is 11.6 Å². The normalized spacial score (nSPS) is 12.6. The van der Waals surface area contributed by atoms with Gasteiger partial charge in [0.2, 0.25) is 0 Å². The fraction of sp³-hybridized carbons (Fsp3) is 0.357. The highest BCUT2D eigenvalue weighted by molar-refractivity contribution is 6.30. The van der Waals surface area contributed by atoms with Gasteiger partial charge in [-0.3, -0.25) is 0 Å². The maximum absolute atomic E-state index is 5.91. The lowest BCUT2D eigenvalue weighted by molar-refractivity contribution is 0.583. The van der Waals surface area contributed by atoms with Crippen molar-refractivity contribution in [2.24, 2.45) is 0 Å². The van der Waals surface area contributed by atoms with Crippen LogP contribution < -0.4 is 5.32 Å². The van der Waals surface area contributed by atoms with E-state index < -0.39 is 0 Å². The van der Waals surface area contributed by atoms with Crippen LogP contribution in [0.2, 0.25) is 5.02 Å². The lowest BCUT2D eigenvalue weighted by atomic mass is 10.1. The number of nitrogens with zero attached hydrogens (tertiary/aromatic N) is 2. The van der Waals surface area contributed by atoms with Crippen molar-refractivity contribution in [2.45, 2.75) is 26.4 Å². The van der Waals surface area contributed by atoms with E-state index in [0.29, 0.717) is 0 Å². The Labute approximate surface area is 113 Å². The topological polar surface area (TPSA) is 29.9 Å². The van der Waals surface area contributed by atoms with Gasteiger partial charge in [-0.15, -0.1) is 0 Å². The molecule has 18 heavy (non-hydrogen) atoms. The zero-order valence-electron chi connectivity index (χ0n) is 10.7. The number of rotatable bonds is 5. The van der Waals surface area contributed by atoms with E-state index in [2.05, 4.69) is 40.8 Å². The fourth-order valence-corrected chi connectivity index (χ4v) is 2.10. The monoisotopic (exact) mass is 263 g/mol. The summed E-state index contributed by atoms with van der Waals surface area (Å²) in [6.45, 7) is 6.07. The van der Waals surface area contributed by atoms with Crippen molar-refractivity contribution in [3.63, 3.8) is 0 Å². The zero-order valence-corrected chi connectivity index (χ0v) is 11.5. The third-order valence-electron chi connectivity index (χ3n) is 3.07. The molecular weight excluding hydrogens is 246 g/mol. The number of benzene rings is 1. The summed E-state index contributed by atoms with van der Waals surface area (Å²) in [6.07, 6.45) is 3.79. The van der Waals surface area contributed by atoms with Gasteiger partial charge in [-0.2, -0.15) is 0 Å². The summed E-state index contributed by atoms with van der Waals surface area (Å²) in [5.41, 5.74) is 2.43. The lowest BCUT2D eigenvalue weighted by Crippen LogP contribution is -2.17. The Morgan fingerprint density at radius 3 is 2.72 bits per heavy atom. The third-order valence-corrected chi connectivity index (χ3v) is 3.32. The molecule has 0 saturated carbocycles. The van der Waals surface area contributed by atoms with Gasteiger partial charge in [0, 0.05) is 17.8 Å². The molecule has 1 heterocycles. The molecule has 0 fully saturated rings. The third kappa shape index (κ3) is 2.92. The van der Waals surface area contributed by atoms with E-state index in [1.807, 2.05) is 24.7 Å². The number of imidazole rings is 1. The molecule has 0 bridgehead atoms. The van der Waals surface area contributed by atoms with Crippen LogP contribution in [-0.4, -0.2) is 16.1 Å². The first kappa shape index (κ1) is 13.1. The van der Waals surface area contributed by atoms with Crippen molar-refractivity contribution in [2.75, 3.05) is 6.54 Å². The molecule has 1 N–H and O–H groups in total. The van der Waals surface area contributed by atoms with Gasteiger partial charge < -0.3 is 9.88 Å². The highest BCUT2D eigenvalue weighted by atomic mass is 35.5. The molecule has 0 aliphatic heterocycles.